The lowest BCUT2D eigenvalue weighted by atomic mass is 9.97. The molecular weight excluding hydrogens is 330 g/mol. The van der Waals surface area contributed by atoms with Crippen molar-refractivity contribution >= 4 is 29.1 Å². The standard InChI is InChI=1S/C17H15NO5S/c1-8-5-14(23-17(8)21)22-7-12-11-6-13-10(3-4-24-13)15(11)18(9(2)19)16(12)20/h3-5,7,11,14-15H,6H2,1-2H3/b12-7+. The van der Waals surface area contributed by atoms with Gasteiger partial charge in [-0.2, -0.15) is 0 Å². The zero-order valence-corrected chi connectivity index (χ0v) is 14.0. The van der Waals surface area contributed by atoms with Gasteiger partial charge in [0, 0.05) is 29.4 Å². The number of likely N-dealkylation sites (tertiary alicyclic amines) is 1. The molecule has 0 N–H and O–H groups in total. The van der Waals surface area contributed by atoms with Crippen LogP contribution in [0.1, 0.15) is 30.3 Å². The van der Waals surface area contributed by atoms with Crippen LogP contribution in [-0.4, -0.2) is 29.0 Å². The minimum Gasteiger partial charge on any atom is -0.458 e. The fourth-order valence-corrected chi connectivity index (χ4v) is 4.50. The summed E-state index contributed by atoms with van der Waals surface area (Å²) >= 11 is 1.63. The van der Waals surface area contributed by atoms with Crippen LogP contribution in [0.25, 0.3) is 0 Å². The fraction of sp³-hybridized carbons (Fsp3) is 0.353. The second-order valence-corrected chi connectivity index (χ2v) is 7.08. The highest BCUT2D eigenvalue weighted by Crippen LogP contribution is 2.51. The number of fused-ring (bicyclic) bond motifs is 3. The molecule has 3 atom stereocenters. The summed E-state index contributed by atoms with van der Waals surface area (Å²) in [5, 5.41) is 1.98. The summed E-state index contributed by atoms with van der Waals surface area (Å²) in [6.07, 6.45) is 2.80. The van der Waals surface area contributed by atoms with Gasteiger partial charge in [-0.05, 0) is 30.4 Å². The van der Waals surface area contributed by atoms with E-state index in [1.165, 1.54) is 23.0 Å². The minimum atomic E-state index is -0.821. The van der Waals surface area contributed by atoms with Crippen molar-refractivity contribution < 1.29 is 23.9 Å². The largest absolute Gasteiger partial charge is 0.458 e. The van der Waals surface area contributed by atoms with Gasteiger partial charge in [0.25, 0.3) is 12.2 Å². The Labute approximate surface area is 142 Å². The van der Waals surface area contributed by atoms with Crippen molar-refractivity contribution in [3.8, 4) is 0 Å². The lowest BCUT2D eigenvalue weighted by Gasteiger charge is -2.20. The molecule has 2 aliphatic heterocycles. The van der Waals surface area contributed by atoms with Crippen molar-refractivity contribution in [3.63, 3.8) is 0 Å². The first-order valence-corrected chi connectivity index (χ1v) is 8.50. The van der Waals surface area contributed by atoms with Gasteiger partial charge in [0.05, 0.1) is 17.9 Å². The van der Waals surface area contributed by atoms with Crippen molar-refractivity contribution in [1.82, 2.24) is 4.90 Å². The Morgan fingerprint density at radius 1 is 1.46 bits per heavy atom. The van der Waals surface area contributed by atoms with Gasteiger partial charge in [-0.25, -0.2) is 4.79 Å². The summed E-state index contributed by atoms with van der Waals surface area (Å²) in [5.74, 6) is -1.15. The number of ether oxygens (including phenoxy) is 2. The smallest absolute Gasteiger partial charge is 0.336 e. The summed E-state index contributed by atoms with van der Waals surface area (Å²) in [4.78, 5) is 38.5. The number of imide groups is 1. The van der Waals surface area contributed by atoms with Crippen LogP contribution in [0.3, 0.4) is 0 Å². The molecule has 0 saturated carbocycles. The second-order valence-electron chi connectivity index (χ2n) is 6.08. The van der Waals surface area contributed by atoms with Crippen molar-refractivity contribution in [3.05, 3.63) is 45.4 Å². The van der Waals surface area contributed by atoms with E-state index in [9.17, 15) is 14.4 Å². The lowest BCUT2D eigenvalue weighted by molar-refractivity contribution is -0.152. The van der Waals surface area contributed by atoms with Gasteiger partial charge in [-0.3, -0.25) is 14.5 Å². The molecule has 6 nitrogen and oxygen atoms in total. The fourth-order valence-electron chi connectivity index (χ4n) is 3.52. The summed E-state index contributed by atoms with van der Waals surface area (Å²) < 4.78 is 10.5. The zero-order chi connectivity index (χ0) is 17.0. The van der Waals surface area contributed by atoms with Gasteiger partial charge in [0.2, 0.25) is 5.91 Å². The van der Waals surface area contributed by atoms with E-state index >= 15 is 0 Å². The summed E-state index contributed by atoms with van der Waals surface area (Å²) in [6, 6.07) is 1.72. The molecule has 0 aromatic carbocycles. The Balaban J connectivity index is 1.63. The van der Waals surface area contributed by atoms with Gasteiger partial charge in [0.1, 0.15) is 0 Å². The maximum atomic E-state index is 12.7. The van der Waals surface area contributed by atoms with Gasteiger partial charge in [-0.1, -0.05) is 0 Å². The van der Waals surface area contributed by atoms with E-state index < -0.39 is 12.3 Å². The number of rotatable bonds is 2. The number of thiophene rings is 1. The molecular formula is C17H15NO5S. The Hall–Kier alpha value is -2.41. The Kier molecular flexibility index (Phi) is 3.35. The third kappa shape index (κ3) is 2.11. The average molecular weight is 345 g/mol. The average Bonchev–Trinajstić information content (AvgIpc) is 3.21. The highest BCUT2D eigenvalue weighted by Gasteiger charge is 2.51. The maximum Gasteiger partial charge on any atom is 0.336 e. The van der Waals surface area contributed by atoms with Crippen molar-refractivity contribution in [2.24, 2.45) is 5.92 Å². The molecule has 1 aromatic heterocycles. The number of carbonyl (C=O) groups excluding carboxylic acids is 3. The van der Waals surface area contributed by atoms with Crippen LogP contribution in [0.15, 0.2) is 34.9 Å². The summed E-state index contributed by atoms with van der Waals surface area (Å²) in [6.45, 7) is 3.04. The van der Waals surface area contributed by atoms with E-state index in [1.54, 1.807) is 24.3 Å². The van der Waals surface area contributed by atoms with E-state index in [4.69, 9.17) is 9.47 Å². The molecule has 2 amide bonds. The molecule has 4 rings (SSSR count). The van der Waals surface area contributed by atoms with Crippen LogP contribution in [0.2, 0.25) is 0 Å². The highest BCUT2D eigenvalue weighted by molar-refractivity contribution is 7.10. The maximum absolute atomic E-state index is 12.7. The Morgan fingerprint density at radius 3 is 2.92 bits per heavy atom. The first-order chi connectivity index (χ1) is 11.5. The predicted octanol–water partition coefficient (Wildman–Crippen LogP) is 2.08. The number of esters is 1. The number of amides is 2. The minimum absolute atomic E-state index is 0.106. The van der Waals surface area contributed by atoms with E-state index in [0.717, 1.165) is 5.56 Å². The van der Waals surface area contributed by atoms with E-state index in [2.05, 4.69) is 0 Å². The zero-order valence-electron chi connectivity index (χ0n) is 13.1. The third-order valence-corrected chi connectivity index (χ3v) is 5.59. The molecule has 1 saturated heterocycles. The molecule has 3 aliphatic rings. The van der Waals surface area contributed by atoms with Gasteiger partial charge in [0.15, 0.2) is 0 Å². The summed E-state index contributed by atoms with van der Waals surface area (Å²) in [5.41, 5.74) is 1.97. The second kappa shape index (κ2) is 5.31. The molecule has 0 bridgehead atoms. The number of nitrogens with zero attached hydrogens (tertiary/aromatic N) is 1. The van der Waals surface area contributed by atoms with Crippen molar-refractivity contribution in [2.75, 3.05) is 0 Å². The van der Waals surface area contributed by atoms with Crippen LogP contribution in [0.4, 0.5) is 0 Å². The third-order valence-electron chi connectivity index (χ3n) is 4.63. The molecule has 7 heteroatoms. The van der Waals surface area contributed by atoms with Crippen LogP contribution in [0.5, 0.6) is 0 Å². The molecule has 1 aliphatic carbocycles. The van der Waals surface area contributed by atoms with Gasteiger partial charge >= 0.3 is 5.97 Å². The molecule has 1 fully saturated rings. The number of hydrogen-bond donors (Lipinski definition) is 0. The molecule has 0 radical (unpaired) electrons. The topological polar surface area (TPSA) is 72.9 Å². The van der Waals surface area contributed by atoms with Gasteiger partial charge in [-0.15, -0.1) is 11.3 Å². The first kappa shape index (κ1) is 15.1. The van der Waals surface area contributed by atoms with E-state index in [0.29, 0.717) is 17.6 Å². The normalized spacial score (nSPS) is 29.6. The Bertz CT molecular complexity index is 821. The van der Waals surface area contributed by atoms with Crippen LogP contribution >= 0.6 is 11.3 Å². The predicted molar refractivity (Wildman–Crippen MR) is 84.6 cm³/mol. The quantitative estimate of drug-likeness (QED) is 0.466. The molecule has 3 heterocycles. The molecule has 124 valence electrons. The summed E-state index contributed by atoms with van der Waals surface area (Å²) in [7, 11) is 0. The highest BCUT2D eigenvalue weighted by atomic mass is 32.1. The van der Waals surface area contributed by atoms with Gasteiger partial charge < -0.3 is 9.47 Å². The van der Waals surface area contributed by atoms with E-state index in [1.807, 2.05) is 11.4 Å². The number of carbonyl (C=O) groups is 3. The van der Waals surface area contributed by atoms with Crippen LogP contribution in [0, 0.1) is 5.92 Å². The monoisotopic (exact) mass is 345 g/mol. The lowest BCUT2D eigenvalue weighted by Crippen LogP contribution is -2.32. The van der Waals surface area contributed by atoms with Crippen molar-refractivity contribution in [2.45, 2.75) is 32.6 Å². The SMILES string of the molecule is CC(=O)N1C(=O)/C(=C/OC2C=C(C)C(=O)O2)C2Cc3sccc3C21. The molecule has 24 heavy (non-hydrogen) atoms. The van der Waals surface area contributed by atoms with E-state index in [-0.39, 0.29) is 23.8 Å². The molecule has 3 unspecified atom stereocenters. The Morgan fingerprint density at radius 2 is 2.25 bits per heavy atom. The number of cyclic esters (lactones) is 1. The molecule has 0 spiro atoms. The van der Waals surface area contributed by atoms with Crippen molar-refractivity contribution in [1.29, 1.82) is 0 Å². The first-order valence-electron chi connectivity index (χ1n) is 7.62. The molecule has 1 aromatic rings. The number of hydrogen-bond acceptors (Lipinski definition) is 6. The van der Waals surface area contributed by atoms with Crippen LogP contribution < -0.4 is 0 Å². The van der Waals surface area contributed by atoms with Crippen LogP contribution in [-0.2, 0) is 30.3 Å².